The van der Waals surface area contributed by atoms with Crippen LogP contribution in [0.4, 0.5) is 14.5 Å². The van der Waals surface area contributed by atoms with Crippen molar-refractivity contribution in [2.75, 3.05) is 19.7 Å². The molecule has 1 rings (SSSR count). The fourth-order valence-electron chi connectivity index (χ4n) is 1.69. The van der Waals surface area contributed by atoms with Crippen molar-refractivity contribution in [1.29, 1.82) is 0 Å². The van der Waals surface area contributed by atoms with Crippen molar-refractivity contribution >= 4 is 15.7 Å². The largest absolute Gasteiger partial charge is 0.395 e. The maximum atomic E-state index is 12.5. The van der Waals surface area contributed by atoms with Crippen LogP contribution in [0.2, 0.25) is 0 Å². The van der Waals surface area contributed by atoms with Gasteiger partial charge < -0.3 is 5.11 Å². The molecule has 0 amide bonds. The highest BCUT2D eigenvalue weighted by molar-refractivity contribution is 7.89. The highest BCUT2D eigenvalue weighted by atomic mass is 32.2. The molecule has 10 heteroatoms. The molecule has 1 N–H and O–H groups in total. The molecule has 0 fully saturated rings. The van der Waals surface area contributed by atoms with E-state index in [1.807, 2.05) is 0 Å². The number of sulfonamides is 1. The first kappa shape index (κ1) is 17.4. The smallest absolute Gasteiger partial charge is 0.270 e. The standard InChI is InChI=1S/C11H14F2N2O5S/c1-8-2-3-9(15(17)18)6-10(8)21(19,20)14(4-5-16)7-11(12)13/h2-3,6,11,16H,4-5,7H2,1H3. The Bertz CT molecular complexity index is 621. The first-order valence-corrected chi connectivity index (χ1v) is 7.28. The summed E-state index contributed by atoms with van der Waals surface area (Å²) >= 11 is 0. The minimum absolute atomic E-state index is 0.192. The number of rotatable bonds is 7. The number of nitrogens with zero attached hydrogens (tertiary/aromatic N) is 2. The van der Waals surface area contributed by atoms with Gasteiger partial charge >= 0.3 is 0 Å². The molecule has 0 aliphatic rings. The molecule has 0 bridgehead atoms. The zero-order valence-electron chi connectivity index (χ0n) is 11.1. The third-order valence-corrected chi connectivity index (χ3v) is 4.70. The molecule has 0 saturated heterocycles. The molecule has 1 aromatic rings. The van der Waals surface area contributed by atoms with E-state index in [-0.39, 0.29) is 5.56 Å². The van der Waals surface area contributed by atoms with Crippen LogP contribution in [0.15, 0.2) is 23.1 Å². The normalized spacial score (nSPS) is 12.1. The van der Waals surface area contributed by atoms with Crippen LogP contribution >= 0.6 is 0 Å². The summed E-state index contributed by atoms with van der Waals surface area (Å²) in [5.41, 5.74) is -0.266. The van der Waals surface area contributed by atoms with Gasteiger partial charge in [0.05, 0.1) is 23.0 Å². The Morgan fingerprint density at radius 2 is 2.05 bits per heavy atom. The van der Waals surface area contributed by atoms with Crippen molar-refractivity contribution in [3.8, 4) is 0 Å². The van der Waals surface area contributed by atoms with E-state index in [4.69, 9.17) is 5.11 Å². The van der Waals surface area contributed by atoms with Crippen LogP contribution in [-0.4, -0.2) is 48.9 Å². The number of halogens is 2. The summed E-state index contributed by atoms with van der Waals surface area (Å²) in [6.07, 6.45) is -2.93. The van der Waals surface area contributed by atoms with E-state index >= 15 is 0 Å². The number of hydrogen-bond acceptors (Lipinski definition) is 5. The summed E-state index contributed by atoms with van der Waals surface area (Å²) in [7, 11) is -4.36. The second kappa shape index (κ2) is 6.87. The van der Waals surface area contributed by atoms with E-state index in [9.17, 15) is 27.3 Å². The fraction of sp³-hybridized carbons (Fsp3) is 0.455. The molecule has 0 spiro atoms. The van der Waals surface area contributed by atoms with E-state index in [0.29, 0.717) is 4.31 Å². The third kappa shape index (κ3) is 4.16. The summed E-state index contributed by atoms with van der Waals surface area (Å²) in [5.74, 6) is 0. The van der Waals surface area contributed by atoms with Gasteiger partial charge in [0.15, 0.2) is 0 Å². The first-order chi connectivity index (χ1) is 9.70. The van der Waals surface area contributed by atoms with E-state index in [1.165, 1.54) is 13.0 Å². The average Bonchev–Trinajstić information content (AvgIpc) is 2.37. The highest BCUT2D eigenvalue weighted by Gasteiger charge is 2.29. The maximum Gasteiger partial charge on any atom is 0.270 e. The molecule has 0 saturated carbocycles. The number of nitro groups is 1. The Kier molecular flexibility index (Phi) is 5.70. The number of aryl methyl sites for hydroxylation is 1. The molecule has 0 heterocycles. The quantitative estimate of drug-likeness (QED) is 0.599. The van der Waals surface area contributed by atoms with Gasteiger partial charge in [0, 0.05) is 18.7 Å². The van der Waals surface area contributed by atoms with Gasteiger partial charge in [-0.3, -0.25) is 10.1 Å². The Morgan fingerprint density at radius 3 is 2.52 bits per heavy atom. The van der Waals surface area contributed by atoms with Crippen LogP contribution in [0.3, 0.4) is 0 Å². The van der Waals surface area contributed by atoms with Gasteiger partial charge in [0.25, 0.3) is 12.1 Å². The molecule has 0 aliphatic carbocycles. The number of alkyl halides is 2. The summed E-state index contributed by atoms with van der Waals surface area (Å²) in [5, 5.41) is 19.5. The summed E-state index contributed by atoms with van der Waals surface area (Å²) < 4.78 is 50.0. The number of benzene rings is 1. The van der Waals surface area contributed by atoms with Crippen LogP contribution < -0.4 is 0 Å². The lowest BCUT2D eigenvalue weighted by Crippen LogP contribution is -2.37. The zero-order valence-corrected chi connectivity index (χ0v) is 11.9. The third-order valence-electron chi connectivity index (χ3n) is 2.69. The fourth-order valence-corrected chi connectivity index (χ4v) is 3.35. The lowest BCUT2D eigenvalue weighted by Gasteiger charge is -2.21. The molecule has 0 atom stereocenters. The van der Waals surface area contributed by atoms with Gasteiger partial charge in [0.2, 0.25) is 10.0 Å². The molecule has 118 valence electrons. The monoisotopic (exact) mass is 324 g/mol. The SMILES string of the molecule is Cc1ccc([N+](=O)[O-])cc1S(=O)(=O)N(CCO)CC(F)F. The lowest BCUT2D eigenvalue weighted by atomic mass is 10.2. The van der Waals surface area contributed by atoms with Crippen molar-refractivity contribution in [3.05, 3.63) is 33.9 Å². The van der Waals surface area contributed by atoms with Crippen LogP contribution in [0.25, 0.3) is 0 Å². The number of aliphatic hydroxyl groups is 1. The molecular weight excluding hydrogens is 310 g/mol. The predicted molar refractivity (Wildman–Crippen MR) is 69.7 cm³/mol. The Hall–Kier alpha value is -1.65. The van der Waals surface area contributed by atoms with E-state index in [1.54, 1.807) is 0 Å². The van der Waals surface area contributed by atoms with Gasteiger partial charge in [-0.2, -0.15) is 4.31 Å². The Balaban J connectivity index is 3.33. The Labute approximate surface area is 120 Å². The van der Waals surface area contributed by atoms with Crippen molar-refractivity contribution in [1.82, 2.24) is 4.31 Å². The highest BCUT2D eigenvalue weighted by Crippen LogP contribution is 2.25. The molecular formula is C11H14F2N2O5S. The van der Waals surface area contributed by atoms with E-state index < -0.39 is 51.7 Å². The molecule has 0 unspecified atom stereocenters. The van der Waals surface area contributed by atoms with Crippen molar-refractivity contribution in [2.45, 2.75) is 18.2 Å². The first-order valence-electron chi connectivity index (χ1n) is 5.84. The molecule has 0 radical (unpaired) electrons. The van der Waals surface area contributed by atoms with E-state index in [2.05, 4.69) is 0 Å². The summed E-state index contributed by atoms with van der Waals surface area (Å²) in [6.45, 7) is -0.851. The average molecular weight is 324 g/mol. The number of non-ortho nitro benzene ring substituents is 1. The predicted octanol–water partition coefficient (Wildman–Crippen LogP) is 1.15. The molecule has 0 aromatic heterocycles. The minimum Gasteiger partial charge on any atom is -0.395 e. The van der Waals surface area contributed by atoms with Gasteiger partial charge in [-0.25, -0.2) is 17.2 Å². The van der Waals surface area contributed by atoms with Crippen molar-refractivity contribution in [2.24, 2.45) is 0 Å². The van der Waals surface area contributed by atoms with Crippen LogP contribution in [0, 0.1) is 17.0 Å². The lowest BCUT2D eigenvalue weighted by molar-refractivity contribution is -0.385. The number of nitro benzene ring substituents is 1. The Morgan fingerprint density at radius 1 is 1.43 bits per heavy atom. The van der Waals surface area contributed by atoms with E-state index in [0.717, 1.165) is 12.1 Å². The molecule has 1 aromatic carbocycles. The zero-order chi connectivity index (χ0) is 16.2. The summed E-state index contributed by atoms with van der Waals surface area (Å²) in [6, 6.07) is 3.17. The van der Waals surface area contributed by atoms with Gasteiger partial charge in [-0.15, -0.1) is 0 Å². The molecule has 7 nitrogen and oxygen atoms in total. The van der Waals surface area contributed by atoms with Crippen molar-refractivity contribution in [3.63, 3.8) is 0 Å². The van der Waals surface area contributed by atoms with Gasteiger partial charge in [-0.05, 0) is 12.5 Å². The van der Waals surface area contributed by atoms with Crippen LogP contribution in [-0.2, 0) is 10.0 Å². The molecule has 0 aliphatic heterocycles. The topological polar surface area (TPSA) is 101 Å². The van der Waals surface area contributed by atoms with Crippen LogP contribution in [0.1, 0.15) is 5.56 Å². The maximum absolute atomic E-state index is 12.5. The number of aliphatic hydroxyl groups excluding tert-OH is 1. The van der Waals surface area contributed by atoms with Gasteiger partial charge in [-0.1, -0.05) is 6.07 Å². The minimum atomic E-state index is -4.36. The number of hydrogen-bond donors (Lipinski definition) is 1. The summed E-state index contributed by atoms with van der Waals surface area (Å²) in [4.78, 5) is 9.50. The second-order valence-corrected chi connectivity index (χ2v) is 6.09. The van der Waals surface area contributed by atoms with Crippen molar-refractivity contribution < 1.29 is 27.2 Å². The van der Waals surface area contributed by atoms with Crippen LogP contribution in [0.5, 0.6) is 0 Å². The molecule has 21 heavy (non-hydrogen) atoms. The second-order valence-electron chi connectivity index (χ2n) is 4.18. The van der Waals surface area contributed by atoms with Gasteiger partial charge in [0.1, 0.15) is 0 Å².